The van der Waals surface area contributed by atoms with Crippen LogP contribution in [0.3, 0.4) is 0 Å². The molecule has 0 aliphatic carbocycles. The van der Waals surface area contributed by atoms with E-state index in [9.17, 15) is 4.79 Å². The van der Waals surface area contributed by atoms with E-state index in [0.29, 0.717) is 5.75 Å². The number of rotatable bonds is 6. The van der Waals surface area contributed by atoms with Crippen LogP contribution in [0.15, 0.2) is 36.4 Å². The van der Waals surface area contributed by atoms with Crippen molar-refractivity contribution in [1.82, 2.24) is 0 Å². The van der Waals surface area contributed by atoms with Crippen LogP contribution in [0.4, 0.5) is 5.69 Å². The molecule has 122 valence electrons. The molecule has 0 bridgehead atoms. The van der Waals surface area contributed by atoms with E-state index in [0.717, 1.165) is 22.8 Å². The Bertz CT molecular complexity index is 698. The summed E-state index contributed by atoms with van der Waals surface area (Å²) in [7, 11) is 1.67. The second-order valence-electron chi connectivity index (χ2n) is 5.66. The fourth-order valence-corrected chi connectivity index (χ4v) is 3.10. The molecule has 0 fully saturated rings. The summed E-state index contributed by atoms with van der Waals surface area (Å²) < 4.78 is 5.36. The lowest BCUT2D eigenvalue weighted by molar-refractivity contribution is -0.113. The van der Waals surface area contributed by atoms with Crippen LogP contribution in [0.1, 0.15) is 22.3 Å². The van der Waals surface area contributed by atoms with E-state index >= 15 is 0 Å². The molecule has 0 aromatic heterocycles. The van der Waals surface area contributed by atoms with Gasteiger partial charge in [-0.05, 0) is 50.1 Å². The fourth-order valence-electron chi connectivity index (χ4n) is 2.29. The number of benzene rings is 2. The number of amides is 1. The minimum atomic E-state index is 0.0184. The van der Waals surface area contributed by atoms with Crippen LogP contribution >= 0.6 is 11.8 Å². The van der Waals surface area contributed by atoms with Crippen molar-refractivity contribution < 1.29 is 9.53 Å². The lowest BCUT2D eigenvalue weighted by Gasteiger charge is -2.10. The molecular weight excluding hydrogens is 306 g/mol. The number of anilines is 1. The van der Waals surface area contributed by atoms with Gasteiger partial charge in [0.05, 0.1) is 12.9 Å². The minimum absolute atomic E-state index is 0.0184. The number of aryl methyl sites for hydroxylation is 3. The van der Waals surface area contributed by atoms with Crippen LogP contribution in [-0.2, 0) is 10.5 Å². The van der Waals surface area contributed by atoms with Crippen molar-refractivity contribution in [3.05, 3.63) is 58.7 Å². The third kappa shape index (κ3) is 5.03. The fraction of sp³-hybridized carbons (Fsp3) is 0.316. The first-order valence-electron chi connectivity index (χ1n) is 7.58. The van der Waals surface area contributed by atoms with Gasteiger partial charge in [-0.3, -0.25) is 4.79 Å². The molecule has 1 amide bonds. The van der Waals surface area contributed by atoms with Crippen LogP contribution in [0.2, 0.25) is 0 Å². The highest BCUT2D eigenvalue weighted by Crippen LogP contribution is 2.24. The zero-order chi connectivity index (χ0) is 16.8. The number of thioether (sulfide) groups is 1. The lowest BCUT2D eigenvalue weighted by Crippen LogP contribution is -2.14. The Hall–Kier alpha value is -1.94. The molecule has 0 atom stereocenters. The summed E-state index contributed by atoms with van der Waals surface area (Å²) in [6.45, 7) is 6.16. The van der Waals surface area contributed by atoms with Crippen LogP contribution in [0.5, 0.6) is 5.75 Å². The molecule has 0 saturated heterocycles. The van der Waals surface area contributed by atoms with Gasteiger partial charge < -0.3 is 10.1 Å². The van der Waals surface area contributed by atoms with Gasteiger partial charge >= 0.3 is 0 Å². The summed E-state index contributed by atoms with van der Waals surface area (Å²) in [4.78, 5) is 12.1. The largest absolute Gasteiger partial charge is 0.496 e. The number of carbonyl (C=O) groups is 1. The smallest absolute Gasteiger partial charge is 0.234 e. The average Bonchev–Trinajstić information content (AvgIpc) is 2.51. The SMILES string of the molecule is COc1ccc(C)cc1CSCC(=O)Nc1ccc(C)c(C)c1. The van der Waals surface area contributed by atoms with Gasteiger partial charge in [-0.2, -0.15) is 0 Å². The maximum Gasteiger partial charge on any atom is 0.234 e. The molecule has 0 unspecified atom stereocenters. The quantitative estimate of drug-likeness (QED) is 0.848. The van der Waals surface area contributed by atoms with E-state index in [1.165, 1.54) is 16.7 Å². The standard InChI is InChI=1S/C19H23NO2S/c1-13-5-8-18(22-4)16(9-13)11-23-12-19(21)20-17-7-6-14(2)15(3)10-17/h5-10H,11-12H2,1-4H3,(H,20,21). The van der Waals surface area contributed by atoms with Gasteiger partial charge in [0.15, 0.2) is 0 Å². The topological polar surface area (TPSA) is 38.3 Å². The van der Waals surface area contributed by atoms with E-state index in [1.54, 1.807) is 18.9 Å². The van der Waals surface area contributed by atoms with Gasteiger partial charge in [-0.25, -0.2) is 0 Å². The Labute approximate surface area is 142 Å². The van der Waals surface area contributed by atoms with Crippen molar-refractivity contribution in [3.63, 3.8) is 0 Å². The zero-order valence-corrected chi connectivity index (χ0v) is 14.9. The molecule has 3 nitrogen and oxygen atoms in total. The minimum Gasteiger partial charge on any atom is -0.496 e. The van der Waals surface area contributed by atoms with Crippen LogP contribution < -0.4 is 10.1 Å². The highest BCUT2D eigenvalue weighted by atomic mass is 32.2. The molecule has 4 heteroatoms. The Balaban J connectivity index is 1.87. The molecule has 0 saturated carbocycles. The molecule has 2 aromatic carbocycles. The van der Waals surface area contributed by atoms with Gasteiger partial charge in [0, 0.05) is 17.0 Å². The number of ether oxygens (including phenoxy) is 1. The summed E-state index contributed by atoms with van der Waals surface area (Å²) in [6.07, 6.45) is 0. The van der Waals surface area contributed by atoms with Gasteiger partial charge in [-0.1, -0.05) is 23.8 Å². The van der Waals surface area contributed by atoms with Crippen LogP contribution in [0, 0.1) is 20.8 Å². The molecule has 0 spiro atoms. The van der Waals surface area contributed by atoms with E-state index in [-0.39, 0.29) is 5.91 Å². The second kappa shape index (κ2) is 8.06. The summed E-state index contributed by atoms with van der Waals surface area (Å²) in [6, 6.07) is 12.1. The van der Waals surface area contributed by atoms with Crippen molar-refractivity contribution >= 4 is 23.4 Å². The van der Waals surface area contributed by atoms with E-state index in [4.69, 9.17) is 4.74 Å². The monoisotopic (exact) mass is 329 g/mol. The Morgan fingerprint density at radius 3 is 2.57 bits per heavy atom. The molecule has 1 N–H and O–H groups in total. The Morgan fingerprint density at radius 1 is 1.09 bits per heavy atom. The first-order valence-corrected chi connectivity index (χ1v) is 8.73. The molecule has 0 radical (unpaired) electrons. The summed E-state index contributed by atoms with van der Waals surface area (Å²) in [5.74, 6) is 2.07. The second-order valence-corrected chi connectivity index (χ2v) is 6.64. The predicted molar refractivity (Wildman–Crippen MR) is 98.4 cm³/mol. The van der Waals surface area contributed by atoms with Crippen molar-refractivity contribution in [2.75, 3.05) is 18.2 Å². The molecule has 0 aliphatic heterocycles. The highest BCUT2D eigenvalue weighted by Gasteiger charge is 2.07. The van der Waals surface area contributed by atoms with Crippen molar-refractivity contribution in [1.29, 1.82) is 0 Å². The molecule has 23 heavy (non-hydrogen) atoms. The third-order valence-corrected chi connectivity index (χ3v) is 4.70. The normalized spacial score (nSPS) is 10.4. The summed E-state index contributed by atoms with van der Waals surface area (Å²) in [5, 5.41) is 2.95. The third-order valence-electron chi connectivity index (χ3n) is 3.72. The number of carbonyl (C=O) groups excluding carboxylic acids is 1. The van der Waals surface area contributed by atoms with Crippen molar-refractivity contribution in [2.24, 2.45) is 0 Å². The van der Waals surface area contributed by atoms with Crippen LogP contribution in [-0.4, -0.2) is 18.8 Å². The van der Waals surface area contributed by atoms with Crippen LogP contribution in [0.25, 0.3) is 0 Å². The zero-order valence-electron chi connectivity index (χ0n) is 14.1. The van der Waals surface area contributed by atoms with Gasteiger partial charge in [0.25, 0.3) is 0 Å². The maximum absolute atomic E-state index is 12.1. The van der Waals surface area contributed by atoms with E-state index in [2.05, 4.69) is 25.2 Å². The molecule has 2 aromatic rings. The first-order chi connectivity index (χ1) is 11.0. The van der Waals surface area contributed by atoms with Crippen molar-refractivity contribution in [2.45, 2.75) is 26.5 Å². The van der Waals surface area contributed by atoms with E-state index in [1.807, 2.05) is 37.3 Å². The van der Waals surface area contributed by atoms with E-state index < -0.39 is 0 Å². The van der Waals surface area contributed by atoms with Gasteiger partial charge in [0.2, 0.25) is 5.91 Å². The van der Waals surface area contributed by atoms with Gasteiger partial charge in [0.1, 0.15) is 5.75 Å². The number of hydrogen-bond acceptors (Lipinski definition) is 3. The molecular formula is C19H23NO2S. The molecule has 2 rings (SSSR count). The molecule has 0 heterocycles. The first kappa shape index (κ1) is 17.4. The average molecular weight is 329 g/mol. The Morgan fingerprint density at radius 2 is 1.87 bits per heavy atom. The summed E-state index contributed by atoms with van der Waals surface area (Å²) in [5.41, 5.74) is 5.58. The number of nitrogens with one attached hydrogen (secondary N) is 1. The number of hydrogen-bond donors (Lipinski definition) is 1. The van der Waals surface area contributed by atoms with Gasteiger partial charge in [-0.15, -0.1) is 11.8 Å². The highest BCUT2D eigenvalue weighted by molar-refractivity contribution is 7.99. The predicted octanol–water partition coefficient (Wildman–Crippen LogP) is 4.49. The lowest BCUT2D eigenvalue weighted by atomic mass is 10.1. The molecule has 0 aliphatic rings. The Kier molecular flexibility index (Phi) is 6.11. The number of methoxy groups -OCH3 is 1. The van der Waals surface area contributed by atoms with Crippen molar-refractivity contribution in [3.8, 4) is 5.75 Å². The maximum atomic E-state index is 12.1. The summed E-state index contributed by atoms with van der Waals surface area (Å²) >= 11 is 1.59.